The highest BCUT2D eigenvalue weighted by atomic mass is 79.9. The maximum atomic E-state index is 12.3. The number of methoxy groups -OCH3 is 2. The summed E-state index contributed by atoms with van der Waals surface area (Å²) < 4.78 is 35.8. The van der Waals surface area contributed by atoms with E-state index in [0.29, 0.717) is 27.2 Å². The molecule has 0 atom stereocenters. The lowest BCUT2D eigenvalue weighted by Crippen LogP contribution is -2.20. The van der Waals surface area contributed by atoms with E-state index in [1.165, 1.54) is 19.2 Å². The first-order valence-corrected chi connectivity index (χ1v) is 9.60. The summed E-state index contributed by atoms with van der Waals surface area (Å²) >= 11 is 3.43. The number of hydrogen-bond donors (Lipinski definition) is 1. The molecule has 0 heterocycles. The largest absolute Gasteiger partial charge is 0.493 e. The van der Waals surface area contributed by atoms with E-state index in [1.807, 2.05) is 6.92 Å². The van der Waals surface area contributed by atoms with E-state index in [9.17, 15) is 8.42 Å². The van der Waals surface area contributed by atoms with Crippen LogP contribution in [0.15, 0.2) is 50.9 Å². The molecule has 8 heteroatoms. The lowest BCUT2D eigenvalue weighted by atomic mass is 10.1. The standard InChI is InChI=1S/C17H19BrN2O4S/c1-11-5-7-13(8-6-11)25(21,22)20-19-12(2)14-9-16(23-3)17(24-4)10-15(14)18/h5-10,20H,1-4H3/b19-12-. The number of nitrogens with zero attached hydrogens (tertiary/aromatic N) is 1. The van der Waals surface area contributed by atoms with Gasteiger partial charge in [0, 0.05) is 10.0 Å². The number of benzene rings is 2. The van der Waals surface area contributed by atoms with Crippen LogP contribution in [0.2, 0.25) is 0 Å². The van der Waals surface area contributed by atoms with E-state index < -0.39 is 10.0 Å². The molecule has 0 amide bonds. The van der Waals surface area contributed by atoms with Crippen LogP contribution in [0.25, 0.3) is 0 Å². The van der Waals surface area contributed by atoms with E-state index in [0.717, 1.165) is 5.56 Å². The molecule has 0 aliphatic carbocycles. The van der Waals surface area contributed by atoms with Crippen LogP contribution >= 0.6 is 15.9 Å². The lowest BCUT2D eigenvalue weighted by molar-refractivity contribution is 0.354. The van der Waals surface area contributed by atoms with Gasteiger partial charge in [-0.25, -0.2) is 0 Å². The number of rotatable bonds is 6. The Morgan fingerprint density at radius 3 is 2.20 bits per heavy atom. The second-order valence-corrected chi connectivity index (χ2v) is 7.81. The molecule has 0 bridgehead atoms. The Hall–Kier alpha value is -2.06. The fraction of sp³-hybridized carbons (Fsp3) is 0.235. The first-order chi connectivity index (χ1) is 11.8. The summed E-state index contributed by atoms with van der Waals surface area (Å²) in [7, 11) is -0.658. The van der Waals surface area contributed by atoms with Gasteiger partial charge in [0.2, 0.25) is 0 Å². The Morgan fingerprint density at radius 1 is 1.08 bits per heavy atom. The van der Waals surface area contributed by atoms with E-state index in [2.05, 4.69) is 25.9 Å². The smallest absolute Gasteiger partial charge is 0.276 e. The summed E-state index contributed by atoms with van der Waals surface area (Å²) in [6, 6.07) is 10.00. The van der Waals surface area contributed by atoms with Gasteiger partial charge in [-0.05, 0) is 54.0 Å². The van der Waals surface area contributed by atoms with Crippen molar-refractivity contribution < 1.29 is 17.9 Å². The van der Waals surface area contributed by atoms with Gasteiger partial charge in [0.1, 0.15) is 0 Å². The molecule has 0 saturated carbocycles. The Morgan fingerprint density at radius 2 is 1.64 bits per heavy atom. The van der Waals surface area contributed by atoms with E-state index in [4.69, 9.17) is 9.47 Å². The van der Waals surface area contributed by atoms with Crippen molar-refractivity contribution in [2.24, 2.45) is 5.10 Å². The molecule has 0 saturated heterocycles. The van der Waals surface area contributed by atoms with Crippen LogP contribution in [-0.2, 0) is 10.0 Å². The minimum Gasteiger partial charge on any atom is -0.493 e. The normalized spacial score (nSPS) is 12.0. The predicted octanol–water partition coefficient (Wildman–Crippen LogP) is 3.48. The van der Waals surface area contributed by atoms with Crippen molar-refractivity contribution in [3.63, 3.8) is 0 Å². The molecule has 2 rings (SSSR count). The molecule has 0 fully saturated rings. The van der Waals surface area contributed by atoms with Crippen molar-refractivity contribution in [3.05, 3.63) is 52.0 Å². The highest BCUT2D eigenvalue weighted by Gasteiger charge is 2.15. The van der Waals surface area contributed by atoms with Crippen molar-refractivity contribution in [3.8, 4) is 11.5 Å². The van der Waals surface area contributed by atoms with Crippen LogP contribution in [-0.4, -0.2) is 28.3 Å². The monoisotopic (exact) mass is 426 g/mol. The fourth-order valence-electron chi connectivity index (χ4n) is 2.09. The summed E-state index contributed by atoms with van der Waals surface area (Å²) in [5, 5.41) is 4.01. The van der Waals surface area contributed by atoms with Gasteiger partial charge >= 0.3 is 0 Å². The van der Waals surface area contributed by atoms with Crippen LogP contribution < -0.4 is 14.3 Å². The average Bonchev–Trinajstić information content (AvgIpc) is 2.59. The number of nitrogens with one attached hydrogen (secondary N) is 1. The van der Waals surface area contributed by atoms with Crippen LogP contribution in [0.1, 0.15) is 18.1 Å². The summed E-state index contributed by atoms with van der Waals surface area (Å²) in [6.07, 6.45) is 0. The number of ether oxygens (including phenoxy) is 2. The maximum absolute atomic E-state index is 12.3. The van der Waals surface area contributed by atoms with Gasteiger partial charge in [-0.2, -0.15) is 18.4 Å². The van der Waals surface area contributed by atoms with E-state index in [1.54, 1.807) is 38.3 Å². The molecular weight excluding hydrogens is 408 g/mol. The first kappa shape index (κ1) is 19.3. The molecule has 1 N–H and O–H groups in total. The summed E-state index contributed by atoms with van der Waals surface area (Å²) in [5.41, 5.74) is 2.14. The lowest BCUT2D eigenvalue weighted by Gasteiger charge is -2.12. The molecular formula is C17H19BrN2O4S. The summed E-state index contributed by atoms with van der Waals surface area (Å²) in [5.74, 6) is 1.09. The van der Waals surface area contributed by atoms with Crippen LogP contribution in [0.5, 0.6) is 11.5 Å². The van der Waals surface area contributed by atoms with Crippen LogP contribution in [0.4, 0.5) is 0 Å². The highest BCUT2D eigenvalue weighted by molar-refractivity contribution is 9.10. The summed E-state index contributed by atoms with van der Waals surface area (Å²) in [4.78, 5) is 2.41. The minimum absolute atomic E-state index is 0.154. The zero-order valence-corrected chi connectivity index (χ0v) is 16.7. The maximum Gasteiger partial charge on any atom is 0.276 e. The third-order valence-corrected chi connectivity index (χ3v) is 5.41. The topological polar surface area (TPSA) is 77.0 Å². The second kappa shape index (κ2) is 7.88. The minimum atomic E-state index is -3.73. The summed E-state index contributed by atoms with van der Waals surface area (Å²) in [6.45, 7) is 3.59. The molecule has 134 valence electrons. The number of halogens is 1. The van der Waals surface area contributed by atoms with Gasteiger partial charge in [-0.3, -0.25) is 0 Å². The van der Waals surface area contributed by atoms with Gasteiger partial charge in [-0.1, -0.05) is 17.7 Å². The van der Waals surface area contributed by atoms with E-state index >= 15 is 0 Å². The second-order valence-electron chi connectivity index (χ2n) is 5.29. The van der Waals surface area contributed by atoms with Gasteiger partial charge < -0.3 is 9.47 Å². The number of aryl methyl sites for hydroxylation is 1. The van der Waals surface area contributed by atoms with Gasteiger partial charge in [-0.15, -0.1) is 0 Å². The Balaban J connectivity index is 2.31. The Kier molecular flexibility index (Phi) is 6.07. The predicted molar refractivity (Wildman–Crippen MR) is 101 cm³/mol. The first-order valence-electron chi connectivity index (χ1n) is 7.33. The van der Waals surface area contributed by atoms with Crippen molar-refractivity contribution in [1.29, 1.82) is 0 Å². The fourth-order valence-corrected chi connectivity index (χ4v) is 3.56. The van der Waals surface area contributed by atoms with Gasteiger partial charge in [0.15, 0.2) is 11.5 Å². The molecule has 0 unspecified atom stereocenters. The molecule has 0 spiro atoms. The van der Waals surface area contributed by atoms with Crippen LogP contribution in [0, 0.1) is 6.92 Å². The third kappa shape index (κ3) is 4.52. The molecule has 2 aromatic rings. The SMILES string of the molecule is COc1cc(Br)c(/C(C)=N\NS(=O)(=O)c2ccc(C)cc2)cc1OC. The van der Waals surface area contributed by atoms with Gasteiger partial charge in [0.05, 0.1) is 24.8 Å². The molecule has 25 heavy (non-hydrogen) atoms. The number of sulfonamides is 1. The zero-order valence-electron chi connectivity index (χ0n) is 14.3. The van der Waals surface area contributed by atoms with Crippen LogP contribution in [0.3, 0.4) is 0 Å². The highest BCUT2D eigenvalue weighted by Crippen LogP contribution is 2.33. The molecule has 0 radical (unpaired) electrons. The zero-order chi connectivity index (χ0) is 18.6. The molecule has 0 aliphatic rings. The number of hydrazone groups is 1. The van der Waals surface area contributed by atoms with Crippen molar-refractivity contribution in [1.82, 2.24) is 4.83 Å². The number of hydrogen-bond acceptors (Lipinski definition) is 5. The average molecular weight is 427 g/mol. The van der Waals surface area contributed by atoms with Crippen molar-refractivity contribution in [2.45, 2.75) is 18.7 Å². The van der Waals surface area contributed by atoms with Crippen molar-refractivity contribution in [2.75, 3.05) is 14.2 Å². The van der Waals surface area contributed by atoms with E-state index in [-0.39, 0.29) is 4.90 Å². The Labute approximate surface area is 156 Å². The molecule has 6 nitrogen and oxygen atoms in total. The molecule has 2 aromatic carbocycles. The van der Waals surface area contributed by atoms with Gasteiger partial charge in [0.25, 0.3) is 10.0 Å². The van der Waals surface area contributed by atoms with Crippen molar-refractivity contribution >= 4 is 31.7 Å². The third-order valence-electron chi connectivity index (χ3n) is 3.53. The Bertz CT molecular complexity index is 894. The quantitative estimate of drug-likeness (QED) is 0.566. The molecule has 0 aromatic heterocycles. The molecule has 0 aliphatic heterocycles.